The lowest BCUT2D eigenvalue weighted by atomic mass is 10.0. The summed E-state index contributed by atoms with van der Waals surface area (Å²) in [5.74, 6) is 0.0507. The van der Waals surface area contributed by atoms with Gasteiger partial charge in [-0.05, 0) is 66.1 Å². The topological polar surface area (TPSA) is 64.0 Å². The highest BCUT2D eigenvalue weighted by Crippen LogP contribution is 2.26. The molecule has 33 heavy (non-hydrogen) atoms. The second-order valence-electron chi connectivity index (χ2n) is 7.55. The Morgan fingerprint density at radius 2 is 1.67 bits per heavy atom. The number of amides is 1. The Balaban J connectivity index is 1.44. The zero-order valence-electron chi connectivity index (χ0n) is 17.9. The maximum absolute atomic E-state index is 12.6. The van der Waals surface area contributed by atoms with Crippen molar-refractivity contribution in [1.29, 1.82) is 0 Å². The Bertz CT molecular complexity index is 1290. The Morgan fingerprint density at radius 1 is 0.970 bits per heavy atom. The third-order valence-electron chi connectivity index (χ3n) is 5.12. The molecule has 0 spiro atoms. The first-order chi connectivity index (χ1) is 16.0. The molecule has 0 aliphatic carbocycles. The fourth-order valence-electron chi connectivity index (χ4n) is 3.26. The third kappa shape index (κ3) is 5.92. The van der Waals surface area contributed by atoms with Gasteiger partial charge < -0.3 is 5.32 Å². The van der Waals surface area contributed by atoms with E-state index in [1.807, 2.05) is 42.5 Å². The van der Waals surface area contributed by atoms with E-state index in [0.717, 1.165) is 4.90 Å². The molecule has 0 radical (unpaired) electrons. The molecular weight excluding hydrogens is 454 g/mol. The molecule has 0 bridgehead atoms. The van der Waals surface area contributed by atoms with Crippen LogP contribution < -0.4 is 10.9 Å². The van der Waals surface area contributed by atoms with Gasteiger partial charge in [0.1, 0.15) is 5.03 Å². The largest absolute Gasteiger partial charge is 0.351 e. The van der Waals surface area contributed by atoms with E-state index in [4.69, 9.17) is 11.6 Å². The minimum Gasteiger partial charge on any atom is -0.351 e. The second-order valence-corrected chi connectivity index (χ2v) is 9.08. The highest BCUT2D eigenvalue weighted by atomic mass is 35.5. The van der Waals surface area contributed by atoms with Crippen LogP contribution in [-0.4, -0.2) is 22.2 Å². The summed E-state index contributed by atoms with van der Waals surface area (Å²) in [5, 5.41) is 8.77. The molecule has 1 aromatic heterocycles. The van der Waals surface area contributed by atoms with Crippen molar-refractivity contribution in [3.05, 3.63) is 117 Å². The number of aromatic nitrogens is 2. The number of halogens is 1. The molecule has 4 aromatic rings. The van der Waals surface area contributed by atoms with Crippen LogP contribution in [0.1, 0.15) is 28.8 Å². The van der Waals surface area contributed by atoms with Gasteiger partial charge in [-0.25, -0.2) is 0 Å². The van der Waals surface area contributed by atoms with Crippen molar-refractivity contribution in [1.82, 2.24) is 15.1 Å². The van der Waals surface area contributed by atoms with Gasteiger partial charge in [0.2, 0.25) is 0 Å². The number of rotatable bonds is 7. The summed E-state index contributed by atoms with van der Waals surface area (Å²) in [4.78, 5) is 25.9. The number of carbonyl (C=O) groups excluding carboxylic acids is 1. The lowest BCUT2D eigenvalue weighted by Gasteiger charge is -2.13. The molecule has 5 nitrogen and oxygen atoms in total. The van der Waals surface area contributed by atoms with Crippen molar-refractivity contribution in [3.8, 4) is 5.69 Å². The van der Waals surface area contributed by atoms with Crippen molar-refractivity contribution in [2.75, 3.05) is 6.54 Å². The molecule has 4 rings (SSSR count). The fourth-order valence-corrected chi connectivity index (χ4v) is 4.16. The molecule has 0 saturated heterocycles. The van der Waals surface area contributed by atoms with Crippen LogP contribution in [0.4, 0.5) is 0 Å². The molecule has 0 fully saturated rings. The number of carbonyl (C=O) groups is 1. The molecule has 0 aliphatic heterocycles. The standard InChI is InChI=1S/C26H22ClN3O2S/c1-18(19-5-3-2-4-6-19)17-28-26(32)20-7-11-22(12-8-20)30-25(31)16-15-24(29-30)33-23-13-9-21(27)10-14-23/h2-16,18H,17H2,1H3,(H,28,32)/t18-/m1/s1. The molecule has 166 valence electrons. The fraction of sp³-hybridized carbons (Fsp3) is 0.115. The third-order valence-corrected chi connectivity index (χ3v) is 6.31. The molecule has 3 aromatic carbocycles. The van der Waals surface area contributed by atoms with Gasteiger partial charge in [-0.3, -0.25) is 9.59 Å². The number of hydrogen-bond acceptors (Lipinski definition) is 4. The molecule has 7 heteroatoms. The summed E-state index contributed by atoms with van der Waals surface area (Å²) in [6, 6.07) is 27.5. The van der Waals surface area contributed by atoms with Crippen LogP contribution in [-0.2, 0) is 0 Å². The van der Waals surface area contributed by atoms with Crippen molar-refractivity contribution < 1.29 is 4.79 Å². The Kier molecular flexibility index (Phi) is 7.27. The molecule has 1 N–H and O–H groups in total. The Labute approximate surface area is 201 Å². The van der Waals surface area contributed by atoms with Gasteiger partial charge in [-0.2, -0.15) is 9.78 Å². The highest BCUT2D eigenvalue weighted by Gasteiger charge is 2.11. The Hall–Kier alpha value is -3.35. The van der Waals surface area contributed by atoms with Gasteiger partial charge in [-0.1, -0.05) is 60.6 Å². The van der Waals surface area contributed by atoms with Crippen LogP contribution in [0, 0.1) is 0 Å². The van der Waals surface area contributed by atoms with E-state index in [9.17, 15) is 9.59 Å². The minimum absolute atomic E-state index is 0.156. The predicted octanol–water partition coefficient (Wildman–Crippen LogP) is 5.57. The molecule has 1 atom stereocenters. The smallest absolute Gasteiger partial charge is 0.271 e. The minimum atomic E-state index is -0.246. The summed E-state index contributed by atoms with van der Waals surface area (Å²) in [6.45, 7) is 2.61. The number of hydrogen-bond donors (Lipinski definition) is 1. The van der Waals surface area contributed by atoms with Crippen LogP contribution in [0.25, 0.3) is 5.69 Å². The van der Waals surface area contributed by atoms with E-state index >= 15 is 0 Å². The second kappa shape index (κ2) is 10.5. The Morgan fingerprint density at radius 3 is 2.36 bits per heavy atom. The van der Waals surface area contributed by atoms with E-state index in [-0.39, 0.29) is 17.4 Å². The summed E-state index contributed by atoms with van der Waals surface area (Å²) in [7, 11) is 0. The quantitative estimate of drug-likeness (QED) is 0.379. The average molecular weight is 476 g/mol. The first-order valence-corrected chi connectivity index (χ1v) is 11.7. The lowest BCUT2D eigenvalue weighted by Crippen LogP contribution is -2.27. The zero-order chi connectivity index (χ0) is 23.2. The zero-order valence-corrected chi connectivity index (χ0v) is 19.5. The first-order valence-electron chi connectivity index (χ1n) is 10.5. The van der Waals surface area contributed by atoms with Gasteiger partial charge in [0.05, 0.1) is 5.69 Å². The maximum Gasteiger partial charge on any atom is 0.271 e. The van der Waals surface area contributed by atoms with Gasteiger partial charge in [0.25, 0.3) is 11.5 Å². The number of nitrogens with one attached hydrogen (secondary N) is 1. The molecule has 1 amide bonds. The van der Waals surface area contributed by atoms with Crippen molar-refractivity contribution in [3.63, 3.8) is 0 Å². The van der Waals surface area contributed by atoms with E-state index in [0.29, 0.717) is 27.8 Å². The molecule has 0 unspecified atom stereocenters. The summed E-state index contributed by atoms with van der Waals surface area (Å²) in [5.41, 5.74) is 2.05. The van der Waals surface area contributed by atoms with Gasteiger partial charge in [-0.15, -0.1) is 0 Å². The van der Waals surface area contributed by atoms with Crippen molar-refractivity contribution in [2.45, 2.75) is 22.8 Å². The number of nitrogens with zero attached hydrogens (tertiary/aromatic N) is 2. The molecule has 0 aliphatic rings. The summed E-state index contributed by atoms with van der Waals surface area (Å²) >= 11 is 7.38. The summed E-state index contributed by atoms with van der Waals surface area (Å²) < 4.78 is 1.33. The lowest BCUT2D eigenvalue weighted by molar-refractivity contribution is 0.0951. The molecule has 1 heterocycles. The summed E-state index contributed by atoms with van der Waals surface area (Å²) in [6.07, 6.45) is 0. The van der Waals surface area contributed by atoms with Crippen molar-refractivity contribution >= 4 is 29.3 Å². The van der Waals surface area contributed by atoms with Gasteiger partial charge >= 0.3 is 0 Å². The monoisotopic (exact) mass is 475 g/mol. The van der Waals surface area contributed by atoms with Crippen molar-refractivity contribution in [2.24, 2.45) is 0 Å². The van der Waals surface area contributed by atoms with E-state index < -0.39 is 0 Å². The number of benzene rings is 3. The van der Waals surface area contributed by atoms with Crippen LogP contribution in [0.3, 0.4) is 0 Å². The normalized spacial score (nSPS) is 11.7. The van der Waals surface area contributed by atoms with Gasteiger partial charge in [0.15, 0.2) is 0 Å². The van der Waals surface area contributed by atoms with Gasteiger partial charge in [0, 0.05) is 28.1 Å². The van der Waals surface area contributed by atoms with Crippen LogP contribution in [0.2, 0.25) is 5.02 Å². The average Bonchev–Trinajstić information content (AvgIpc) is 2.85. The highest BCUT2D eigenvalue weighted by molar-refractivity contribution is 7.99. The van der Waals surface area contributed by atoms with Crippen LogP contribution in [0.5, 0.6) is 0 Å². The maximum atomic E-state index is 12.6. The molecular formula is C26H22ClN3O2S. The predicted molar refractivity (Wildman–Crippen MR) is 133 cm³/mol. The SMILES string of the molecule is C[C@H](CNC(=O)c1ccc(-n2nc(Sc3ccc(Cl)cc3)ccc2=O)cc1)c1ccccc1. The van der Waals surface area contributed by atoms with E-state index in [1.165, 1.54) is 28.1 Å². The first kappa shape index (κ1) is 22.8. The molecule has 0 saturated carbocycles. The van der Waals surface area contributed by atoms with E-state index in [2.05, 4.69) is 29.5 Å². The van der Waals surface area contributed by atoms with Crippen LogP contribution in [0.15, 0.2) is 106 Å². The van der Waals surface area contributed by atoms with E-state index in [1.54, 1.807) is 30.3 Å². The van der Waals surface area contributed by atoms with Crippen LogP contribution >= 0.6 is 23.4 Å².